The molecule has 0 saturated carbocycles. The quantitative estimate of drug-likeness (QED) is 0.335. The van der Waals surface area contributed by atoms with Gasteiger partial charge in [0.05, 0.1) is 16.4 Å². The van der Waals surface area contributed by atoms with Crippen LogP contribution in [0.5, 0.6) is 0 Å². The van der Waals surface area contributed by atoms with Crippen molar-refractivity contribution in [3.05, 3.63) is 68.4 Å². The number of piperidine rings is 1. The lowest BCUT2D eigenvalue weighted by Crippen LogP contribution is -2.41. The minimum atomic E-state index is 0.536. The molecule has 0 amide bonds. The number of thiophene rings is 1. The Bertz CT molecular complexity index is 1180. The Morgan fingerprint density at radius 1 is 1.26 bits per heavy atom. The largest absolute Gasteiger partial charge is 0.370 e. The maximum absolute atomic E-state index is 6.45. The van der Waals surface area contributed by atoms with E-state index in [-0.39, 0.29) is 0 Å². The molecular formula is C23H23BrClN5S. The third-order valence-corrected chi connectivity index (χ3v) is 7.57. The van der Waals surface area contributed by atoms with Crippen LogP contribution in [0.4, 0.5) is 5.82 Å². The number of halogens is 2. The van der Waals surface area contributed by atoms with Crippen molar-refractivity contribution in [3.8, 4) is 11.3 Å². The second-order valence-electron chi connectivity index (χ2n) is 7.94. The number of nitrogens with zero attached hydrogens (tertiary/aromatic N) is 3. The molecule has 1 fully saturated rings. The van der Waals surface area contributed by atoms with E-state index in [4.69, 9.17) is 16.6 Å². The number of hydrogen-bond acceptors (Lipinski definition) is 5. The first-order chi connectivity index (χ1) is 15.2. The molecule has 2 N–H and O–H groups in total. The second kappa shape index (κ2) is 9.28. The smallest absolute Gasteiger partial charge is 0.172 e. The van der Waals surface area contributed by atoms with E-state index < -0.39 is 0 Å². The molecular weight excluding hydrogens is 494 g/mol. The molecule has 1 aromatic carbocycles. The number of benzene rings is 1. The van der Waals surface area contributed by atoms with Gasteiger partial charge in [0.25, 0.3) is 0 Å². The molecule has 5 rings (SSSR count). The van der Waals surface area contributed by atoms with Crippen LogP contribution < -0.4 is 10.6 Å². The van der Waals surface area contributed by atoms with E-state index in [9.17, 15) is 0 Å². The van der Waals surface area contributed by atoms with E-state index in [0.29, 0.717) is 17.0 Å². The van der Waals surface area contributed by atoms with Crippen LogP contribution in [0.3, 0.4) is 0 Å². The van der Waals surface area contributed by atoms with Gasteiger partial charge in [-0.3, -0.25) is 0 Å². The minimum Gasteiger partial charge on any atom is -0.370 e. The predicted molar refractivity (Wildman–Crippen MR) is 132 cm³/mol. The highest BCUT2D eigenvalue weighted by molar-refractivity contribution is 9.10. The minimum absolute atomic E-state index is 0.536. The molecule has 1 aliphatic heterocycles. The fourth-order valence-corrected chi connectivity index (χ4v) is 5.59. The predicted octanol–water partition coefficient (Wildman–Crippen LogP) is 5.90. The summed E-state index contributed by atoms with van der Waals surface area (Å²) in [7, 11) is 0. The average molecular weight is 517 g/mol. The van der Waals surface area contributed by atoms with Crippen molar-refractivity contribution in [2.45, 2.75) is 25.3 Å². The molecule has 160 valence electrons. The highest BCUT2D eigenvalue weighted by Crippen LogP contribution is 2.30. The third kappa shape index (κ3) is 4.65. The normalized spacial score (nSPS) is 19.0. The van der Waals surface area contributed by atoms with Gasteiger partial charge in [-0.15, -0.1) is 11.3 Å². The zero-order chi connectivity index (χ0) is 21.2. The first-order valence-corrected chi connectivity index (χ1v) is 12.5. The van der Waals surface area contributed by atoms with Crippen molar-refractivity contribution in [3.63, 3.8) is 0 Å². The van der Waals surface area contributed by atoms with E-state index in [1.165, 1.54) is 17.7 Å². The van der Waals surface area contributed by atoms with Crippen molar-refractivity contribution in [2.24, 2.45) is 5.92 Å². The topological polar surface area (TPSA) is 54.2 Å². The first-order valence-electron chi connectivity index (χ1n) is 10.5. The molecule has 4 heterocycles. The monoisotopic (exact) mass is 515 g/mol. The lowest BCUT2D eigenvalue weighted by atomic mass is 9.90. The van der Waals surface area contributed by atoms with Crippen molar-refractivity contribution < 1.29 is 0 Å². The highest BCUT2D eigenvalue weighted by Gasteiger charge is 2.22. The van der Waals surface area contributed by atoms with E-state index in [0.717, 1.165) is 46.7 Å². The highest BCUT2D eigenvalue weighted by atomic mass is 79.9. The number of rotatable bonds is 6. The van der Waals surface area contributed by atoms with Gasteiger partial charge in [-0.25, -0.2) is 4.98 Å². The van der Waals surface area contributed by atoms with Gasteiger partial charge in [0.1, 0.15) is 5.82 Å². The molecule has 4 aromatic rings. The fraction of sp³-hybridized carbons (Fsp3) is 0.304. The zero-order valence-electron chi connectivity index (χ0n) is 16.9. The molecule has 5 nitrogen and oxygen atoms in total. The maximum Gasteiger partial charge on any atom is 0.172 e. The van der Waals surface area contributed by atoms with Crippen LogP contribution in [-0.4, -0.2) is 33.7 Å². The number of hydrogen-bond donors (Lipinski definition) is 2. The van der Waals surface area contributed by atoms with Crippen molar-refractivity contribution in [1.82, 2.24) is 19.9 Å². The summed E-state index contributed by atoms with van der Waals surface area (Å²) >= 11 is 11.9. The summed E-state index contributed by atoms with van der Waals surface area (Å²) < 4.78 is 2.72. The van der Waals surface area contributed by atoms with E-state index in [2.05, 4.69) is 49.2 Å². The molecule has 2 unspecified atom stereocenters. The molecule has 0 radical (unpaired) electrons. The summed E-state index contributed by atoms with van der Waals surface area (Å²) in [5.74, 6) is 1.54. The third-order valence-electron chi connectivity index (χ3n) is 5.78. The molecule has 31 heavy (non-hydrogen) atoms. The number of fused-ring (bicyclic) bond motifs is 1. The number of nitrogens with one attached hydrogen (secondary N) is 2. The molecule has 1 saturated heterocycles. The van der Waals surface area contributed by atoms with Crippen LogP contribution in [0, 0.1) is 5.92 Å². The average Bonchev–Trinajstić information content (AvgIpc) is 3.43. The van der Waals surface area contributed by atoms with Crippen LogP contribution in [0.2, 0.25) is 5.02 Å². The van der Waals surface area contributed by atoms with E-state index in [1.54, 1.807) is 6.20 Å². The standard InChI is InChI=1S/C23H23BrClN5S/c24-19-14-28-30-22(12-21(29-23(19)30)18-5-1-2-6-20(18)25)27-13-15-7-8-26-16(10-15)11-17-4-3-9-31-17/h1-6,9,12,14-16,26-27H,7-8,10-11,13H2. The summed E-state index contributed by atoms with van der Waals surface area (Å²) in [6, 6.07) is 14.7. The van der Waals surface area contributed by atoms with Crippen LogP contribution in [0.25, 0.3) is 16.9 Å². The zero-order valence-corrected chi connectivity index (χ0v) is 20.1. The van der Waals surface area contributed by atoms with Crippen molar-refractivity contribution >= 4 is 50.3 Å². The maximum atomic E-state index is 6.45. The SMILES string of the molecule is Clc1ccccc1-c1cc(NCC2CCNC(Cc3cccs3)C2)n2ncc(Br)c2n1. The van der Waals surface area contributed by atoms with Gasteiger partial charge >= 0.3 is 0 Å². The Balaban J connectivity index is 1.35. The number of anilines is 1. The van der Waals surface area contributed by atoms with Crippen LogP contribution >= 0.6 is 38.9 Å². The van der Waals surface area contributed by atoms with Crippen LogP contribution in [0.1, 0.15) is 17.7 Å². The number of aromatic nitrogens is 3. The molecule has 8 heteroatoms. The Morgan fingerprint density at radius 2 is 2.16 bits per heavy atom. The summed E-state index contributed by atoms with van der Waals surface area (Å²) in [5.41, 5.74) is 2.53. The van der Waals surface area contributed by atoms with E-state index >= 15 is 0 Å². The van der Waals surface area contributed by atoms with Gasteiger partial charge in [-0.05, 0) is 65.2 Å². The lowest BCUT2D eigenvalue weighted by molar-refractivity contribution is 0.311. The van der Waals surface area contributed by atoms with Crippen LogP contribution in [-0.2, 0) is 6.42 Å². The molecule has 0 aliphatic carbocycles. The molecule has 0 bridgehead atoms. The molecule has 0 spiro atoms. The van der Waals surface area contributed by atoms with Gasteiger partial charge in [-0.1, -0.05) is 35.9 Å². The van der Waals surface area contributed by atoms with Crippen molar-refractivity contribution in [2.75, 3.05) is 18.4 Å². The second-order valence-corrected chi connectivity index (χ2v) is 10.2. The van der Waals surface area contributed by atoms with Gasteiger partial charge in [-0.2, -0.15) is 9.61 Å². The van der Waals surface area contributed by atoms with Crippen LogP contribution in [0.15, 0.2) is 58.5 Å². The summed E-state index contributed by atoms with van der Waals surface area (Å²) in [4.78, 5) is 6.25. The lowest BCUT2D eigenvalue weighted by Gasteiger charge is -2.30. The van der Waals surface area contributed by atoms with Gasteiger partial charge in [0, 0.05) is 34.1 Å². The van der Waals surface area contributed by atoms with Gasteiger partial charge in [0.2, 0.25) is 0 Å². The fourth-order valence-electron chi connectivity index (χ4n) is 4.23. The molecule has 1 aliphatic rings. The Labute approximate surface area is 199 Å². The molecule has 2 atom stereocenters. The first kappa shape index (κ1) is 20.9. The Hall–Kier alpha value is -1.93. The summed E-state index contributed by atoms with van der Waals surface area (Å²) in [6.45, 7) is 1.97. The summed E-state index contributed by atoms with van der Waals surface area (Å²) in [5, 5.41) is 14.7. The van der Waals surface area contributed by atoms with Crippen molar-refractivity contribution in [1.29, 1.82) is 0 Å². The van der Waals surface area contributed by atoms with Gasteiger partial charge < -0.3 is 10.6 Å². The Kier molecular flexibility index (Phi) is 6.27. The van der Waals surface area contributed by atoms with Gasteiger partial charge in [0.15, 0.2) is 5.65 Å². The summed E-state index contributed by atoms with van der Waals surface area (Å²) in [6.07, 6.45) is 5.23. The Morgan fingerprint density at radius 3 is 3.00 bits per heavy atom. The van der Waals surface area contributed by atoms with E-state index in [1.807, 2.05) is 46.2 Å². The molecule has 3 aromatic heterocycles.